The molecule has 0 fully saturated rings. The van der Waals surface area contributed by atoms with Crippen LogP contribution in [0.25, 0.3) is 0 Å². The number of carbonyl (C=O) groups excluding carboxylic acids is 1. The Morgan fingerprint density at radius 3 is 2.70 bits per heavy atom. The van der Waals surface area contributed by atoms with Gasteiger partial charge in [-0.25, -0.2) is 4.39 Å². The first-order valence-corrected chi connectivity index (χ1v) is 6.88. The summed E-state index contributed by atoms with van der Waals surface area (Å²) < 4.78 is 13.8. The van der Waals surface area contributed by atoms with E-state index in [2.05, 4.69) is 21.2 Å². The molecule has 0 saturated heterocycles. The highest BCUT2D eigenvalue weighted by Gasteiger charge is 2.16. The highest BCUT2D eigenvalue weighted by Crippen LogP contribution is 2.22. The van der Waals surface area contributed by atoms with Crippen molar-refractivity contribution in [2.75, 3.05) is 5.73 Å². The van der Waals surface area contributed by atoms with Crippen LogP contribution < -0.4 is 11.1 Å². The molecule has 3 nitrogen and oxygen atoms in total. The molecule has 20 heavy (non-hydrogen) atoms. The summed E-state index contributed by atoms with van der Waals surface area (Å²) in [5.41, 5.74) is 7.56. The monoisotopic (exact) mass is 336 g/mol. The number of rotatable bonds is 3. The fourth-order valence-corrected chi connectivity index (χ4v) is 2.36. The van der Waals surface area contributed by atoms with E-state index in [9.17, 15) is 9.18 Å². The molecule has 0 saturated carbocycles. The number of nitrogens with one attached hydrogen (secondary N) is 1. The van der Waals surface area contributed by atoms with E-state index in [0.717, 1.165) is 5.56 Å². The van der Waals surface area contributed by atoms with E-state index >= 15 is 0 Å². The summed E-state index contributed by atoms with van der Waals surface area (Å²) in [6, 6.07) is 11.0. The summed E-state index contributed by atoms with van der Waals surface area (Å²) in [5, 5.41) is 2.81. The molecule has 0 aliphatic carbocycles. The lowest BCUT2D eigenvalue weighted by Crippen LogP contribution is -2.27. The number of halogens is 2. The molecule has 0 aliphatic rings. The van der Waals surface area contributed by atoms with Crippen LogP contribution in [0, 0.1) is 5.82 Å². The van der Waals surface area contributed by atoms with Gasteiger partial charge < -0.3 is 11.1 Å². The SMILES string of the molecule is CC(NC(=O)c1cc(F)ccc1Br)c1ccccc1N. The lowest BCUT2D eigenvalue weighted by Gasteiger charge is -2.16. The van der Waals surface area contributed by atoms with Crippen LogP contribution in [-0.2, 0) is 0 Å². The van der Waals surface area contributed by atoms with Gasteiger partial charge in [-0.1, -0.05) is 18.2 Å². The second-order valence-corrected chi connectivity index (χ2v) is 5.30. The molecule has 104 valence electrons. The minimum Gasteiger partial charge on any atom is -0.398 e. The van der Waals surface area contributed by atoms with Crippen molar-refractivity contribution in [1.29, 1.82) is 0 Å². The first-order valence-electron chi connectivity index (χ1n) is 6.09. The highest BCUT2D eigenvalue weighted by molar-refractivity contribution is 9.10. The lowest BCUT2D eigenvalue weighted by atomic mass is 10.1. The average Bonchev–Trinajstić information content (AvgIpc) is 2.41. The molecule has 1 atom stereocenters. The fraction of sp³-hybridized carbons (Fsp3) is 0.133. The number of benzene rings is 2. The van der Waals surface area contributed by atoms with Gasteiger partial charge in [-0.2, -0.15) is 0 Å². The van der Waals surface area contributed by atoms with Crippen molar-refractivity contribution in [2.45, 2.75) is 13.0 Å². The molecule has 0 spiro atoms. The number of hydrogen-bond donors (Lipinski definition) is 2. The standard InChI is InChI=1S/C15H14BrFN2O/c1-9(11-4-2-3-5-14(11)18)19-15(20)12-8-10(17)6-7-13(12)16/h2-9H,18H2,1H3,(H,19,20). The molecule has 2 rings (SSSR count). The third-order valence-corrected chi connectivity index (χ3v) is 3.67. The molecular weight excluding hydrogens is 323 g/mol. The molecule has 0 aliphatic heterocycles. The minimum absolute atomic E-state index is 0.256. The lowest BCUT2D eigenvalue weighted by molar-refractivity contribution is 0.0939. The van der Waals surface area contributed by atoms with Crippen molar-refractivity contribution in [3.63, 3.8) is 0 Å². The van der Waals surface area contributed by atoms with Crippen molar-refractivity contribution >= 4 is 27.5 Å². The molecule has 2 aromatic rings. The zero-order chi connectivity index (χ0) is 14.7. The number of para-hydroxylation sites is 1. The second kappa shape index (κ2) is 6.05. The maximum absolute atomic E-state index is 13.2. The number of anilines is 1. The van der Waals surface area contributed by atoms with Gasteiger partial charge in [0.1, 0.15) is 5.82 Å². The van der Waals surface area contributed by atoms with Crippen LogP contribution >= 0.6 is 15.9 Å². The number of amides is 1. The van der Waals surface area contributed by atoms with Crippen molar-refractivity contribution in [3.8, 4) is 0 Å². The van der Waals surface area contributed by atoms with Crippen LogP contribution in [0.5, 0.6) is 0 Å². The number of carbonyl (C=O) groups is 1. The molecule has 3 N–H and O–H groups in total. The van der Waals surface area contributed by atoms with E-state index in [1.165, 1.54) is 18.2 Å². The van der Waals surface area contributed by atoms with Gasteiger partial charge in [-0.15, -0.1) is 0 Å². The average molecular weight is 337 g/mol. The zero-order valence-corrected chi connectivity index (χ0v) is 12.4. The quantitative estimate of drug-likeness (QED) is 0.840. The van der Waals surface area contributed by atoms with Crippen molar-refractivity contribution in [1.82, 2.24) is 5.32 Å². The predicted octanol–water partition coefficient (Wildman–Crippen LogP) is 3.66. The van der Waals surface area contributed by atoms with Gasteiger partial charge in [0, 0.05) is 10.2 Å². The van der Waals surface area contributed by atoms with Gasteiger partial charge in [-0.05, 0) is 52.7 Å². The summed E-state index contributed by atoms with van der Waals surface area (Å²) in [4.78, 5) is 12.2. The van der Waals surface area contributed by atoms with Crippen molar-refractivity contribution in [2.24, 2.45) is 0 Å². The van der Waals surface area contributed by atoms with Crippen LogP contribution in [0.3, 0.4) is 0 Å². The third kappa shape index (κ3) is 3.17. The van der Waals surface area contributed by atoms with Crippen LogP contribution in [0.15, 0.2) is 46.9 Å². The predicted molar refractivity (Wildman–Crippen MR) is 80.8 cm³/mol. The Balaban J connectivity index is 2.20. The number of hydrogen-bond acceptors (Lipinski definition) is 2. The zero-order valence-electron chi connectivity index (χ0n) is 10.9. The second-order valence-electron chi connectivity index (χ2n) is 4.45. The summed E-state index contributed by atoms with van der Waals surface area (Å²) >= 11 is 3.24. The molecule has 0 heterocycles. The van der Waals surface area contributed by atoms with Crippen molar-refractivity contribution in [3.05, 3.63) is 63.9 Å². The van der Waals surface area contributed by atoms with Gasteiger partial charge in [0.15, 0.2) is 0 Å². The van der Waals surface area contributed by atoms with E-state index < -0.39 is 5.82 Å². The normalized spacial score (nSPS) is 11.9. The Morgan fingerprint density at radius 2 is 2.00 bits per heavy atom. The van der Waals surface area contributed by atoms with Crippen LogP contribution in [0.4, 0.5) is 10.1 Å². The Kier molecular flexibility index (Phi) is 4.39. The smallest absolute Gasteiger partial charge is 0.253 e. The van der Waals surface area contributed by atoms with Gasteiger partial charge in [-0.3, -0.25) is 4.79 Å². The highest BCUT2D eigenvalue weighted by atomic mass is 79.9. The van der Waals surface area contributed by atoms with Crippen LogP contribution in [-0.4, -0.2) is 5.91 Å². The Morgan fingerprint density at radius 1 is 1.30 bits per heavy atom. The molecule has 1 amide bonds. The Labute approximate surface area is 125 Å². The molecule has 2 aromatic carbocycles. The van der Waals surface area contributed by atoms with E-state index in [1.54, 1.807) is 6.07 Å². The third-order valence-electron chi connectivity index (χ3n) is 2.98. The summed E-state index contributed by atoms with van der Waals surface area (Å²) in [6.07, 6.45) is 0. The first kappa shape index (κ1) is 14.5. The largest absolute Gasteiger partial charge is 0.398 e. The van der Waals surface area contributed by atoms with E-state index in [1.807, 2.05) is 25.1 Å². The van der Waals surface area contributed by atoms with Gasteiger partial charge in [0.25, 0.3) is 5.91 Å². The number of nitrogen functional groups attached to an aromatic ring is 1. The molecule has 0 bridgehead atoms. The maximum atomic E-state index is 13.2. The summed E-state index contributed by atoms with van der Waals surface area (Å²) in [7, 11) is 0. The van der Waals surface area contributed by atoms with Gasteiger partial charge >= 0.3 is 0 Å². The maximum Gasteiger partial charge on any atom is 0.253 e. The molecule has 5 heteroatoms. The summed E-state index contributed by atoms with van der Waals surface area (Å²) in [5.74, 6) is -0.808. The van der Waals surface area contributed by atoms with E-state index in [4.69, 9.17) is 5.73 Å². The minimum atomic E-state index is -0.453. The van der Waals surface area contributed by atoms with Crippen molar-refractivity contribution < 1.29 is 9.18 Å². The summed E-state index contributed by atoms with van der Waals surface area (Å²) in [6.45, 7) is 1.83. The van der Waals surface area contributed by atoms with E-state index in [-0.39, 0.29) is 17.5 Å². The van der Waals surface area contributed by atoms with Crippen LogP contribution in [0.2, 0.25) is 0 Å². The van der Waals surface area contributed by atoms with Gasteiger partial charge in [0.2, 0.25) is 0 Å². The molecule has 0 aromatic heterocycles. The molecular formula is C15H14BrFN2O. The molecule has 0 radical (unpaired) electrons. The Hall–Kier alpha value is -1.88. The Bertz CT molecular complexity index is 646. The van der Waals surface area contributed by atoms with Crippen LogP contribution in [0.1, 0.15) is 28.9 Å². The molecule has 1 unspecified atom stereocenters. The van der Waals surface area contributed by atoms with E-state index in [0.29, 0.717) is 10.2 Å². The van der Waals surface area contributed by atoms with Gasteiger partial charge in [0.05, 0.1) is 11.6 Å². The number of nitrogens with two attached hydrogens (primary N) is 1. The topological polar surface area (TPSA) is 55.1 Å². The fourth-order valence-electron chi connectivity index (χ4n) is 1.93. The first-order chi connectivity index (χ1) is 9.49.